The second-order valence-electron chi connectivity index (χ2n) is 2.86. The number of allylic oxidation sites excluding steroid dienone is 2. The summed E-state index contributed by atoms with van der Waals surface area (Å²) in [5.41, 5.74) is 0. The number of carboxylic acids is 1. The summed E-state index contributed by atoms with van der Waals surface area (Å²) in [6, 6.07) is 0. The summed E-state index contributed by atoms with van der Waals surface area (Å²) in [6.07, 6.45) is -3.56. The third kappa shape index (κ3) is 2.62. The highest BCUT2D eigenvalue weighted by atomic mass is 35.5. The quantitative estimate of drug-likeness (QED) is 0.766. The molecule has 6 heteroatoms. The van der Waals surface area contributed by atoms with E-state index in [2.05, 4.69) is 0 Å². The van der Waals surface area contributed by atoms with E-state index in [1.807, 2.05) is 0 Å². The number of hydrogen-bond acceptors (Lipinski definition) is 1. The Hall–Kier alpha value is -0.710. The van der Waals surface area contributed by atoms with E-state index in [0.717, 1.165) is 6.08 Å². The molecule has 0 heterocycles. The van der Waals surface area contributed by atoms with Crippen LogP contribution >= 0.6 is 11.6 Å². The average molecular weight is 215 g/mol. The van der Waals surface area contributed by atoms with E-state index in [4.69, 9.17) is 16.7 Å². The van der Waals surface area contributed by atoms with Gasteiger partial charge < -0.3 is 5.11 Å². The minimum atomic E-state index is -4.56. The topological polar surface area (TPSA) is 37.3 Å². The van der Waals surface area contributed by atoms with Crippen molar-refractivity contribution >= 4 is 17.6 Å². The van der Waals surface area contributed by atoms with E-state index in [-0.39, 0.29) is 6.42 Å². The maximum Gasteiger partial charge on any atom is 0.426 e. The standard InChI is InChI=1S/C7H6ClF3O2/c8-5(7(9,10)11)2-3-1-4(3)6(12)13/h2-4H,1H2,(H,12,13). The Balaban J connectivity index is 2.56. The molecular weight excluding hydrogens is 209 g/mol. The van der Waals surface area contributed by atoms with Crippen LogP contribution in [-0.2, 0) is 4.79 Å². The zero-order chi connectivity index (χ0) is 10.2. The number of halogens is 4. The van der Waals surface area contributed by atoms with E-state index in [1.165, 1.54) is 0 Å². The van der Waals surface area contributed by atoms with Gasteiger partial charge in [-0.2, -0.15) is 13.2 Å². The fourth-order valence-corrected chi connectivity index (χ4v) is 1.13. The minimum Gasteiger partial charge on any atom is -0.481 e. The predicted molar refractivity (Wildman–Crippen MR) is 39.2 cm³/mol. The molecule has 1 N–H and O–H groups in total. The highest BCUT2D eigenvalue weighted by Crippen LogP contribution is 2.43. The van der Waals surface area contributed by atoms with Crippen LogP contribution in [0.4, 0.5) is 13.2 Å². The molecule has 0 saturated heterocycles. The zero-order valence-electron chi connectivity index (χ0n) is 6.31. The summed E-state index contributed by atoms with van der Waals surface area (Å²) in [5, 5.41) is 7.15. The van der Waals surface area contributed by atoms with Crippen LogP contribution < -0.4 is 0 Å². The normalized spacial score (nSPS) is 28.8. The van der Waals surface area contributed by atoms with Crippen LogP contribution in [0.5, 0.6) is 0 Å². The average Bonchev–Trinajstić information content (AvgIpc) is 2.64. The molecule has 1 fully saturated rings. The van der Waals surface area contributed by atoms with Gasteiger partial charge in [-0.05, 0) is 12.3 Å². The number of carbonyl (C=O) groups is 1. The molecule has 1 aliphatic rings. The Bertz CT molecular complexity index is 259. The predicted octanol–water partition coefficient (Wildman–Crippen LogP) is 2.39. The molecule has 0 aliphatic heterocycles. The van der Waals surface area contributed by atoms with Gasteiger partial charge in [-0.25, -0.2) is 0 Å². The third-order valence-electron chi connectivity index (χ3n) is 1.79. The summed E-state index contributed by atoms with van der Waals surface area (Å²) in [7, 11) is 0. The first kappa shape index (κ1) is 10.4. The van der Waals surface area contributed by atoms with Crippen LogP contribution in [0.2, 0.25) is 0 Å². The van der Waals surface area contributed by atoms with Gasteiger partial charge >= 0.3 is 12.1 Å². The zero-order valence-corrected chi connectivity index (χ0v) is 7.06. The van der Waals surface area contributed by atoms with E-state index < -0.39 is 29.0 Å². The minimum absolute atomic E-state index is 0.238. The van der Waals surface area contributed by atoms with E-state index in [1.54, 1.807) is 0 Å². The molecule has 0 spiro atoms. The lowest BCUT2D eigenvalue weighted by Crippen LogP contribution is -2.07. The van der Waals surface area contributed by atoms with Crippen LogP contribution in [0.1, 0.15) is 6.42 Å². The maximum atomic E-state index is 11.8. The first-order valence-corrected chi connectivity index (χ1v) is 3.87. The second kappa shape index (κ2) is 3.21. The van der Waals surface area contributed by atoms with Gasteiger partial charge in [0, 0.05) is 0 Å². The van der Waals surface area contributed by atoms with Crippen LogP contribution in [0.3, 0.4) is 0 Å². The first-order chi connectivity index (χ1) is 5.82. The Morgan fingerprint density at radius 3 is 2.38 bits per heavy atom. The molecule has 0 bridgehead atoms. The molecule has 2 atom stereocenters. The van der Waals surface area contributed by atoms with Crippen LogP contribution in [-0.4, -0.2) is 17.3 Å². The molecule has 2 nitrogen and oxygen atoms in total. The van der Waals surface area contributed by atoms with Crippen molar-refractivity contribution in [2.75, 3.05) is 0 Å². The Morgan fingerprint density at radius 2 is 2.08 bits per heavy atom. The highest BCUT2D eigenvalue weighted by Gasteiger charge is 2.44. The van der Waals surface area contributed by atoms with Crippen LogP contribution in [0, 0.1) is 11.8 Å². The van der Waals surface area contributed by atoms with Gasteiger partial charge in [0.05, 0.1) is 5.92 Å². The van der Waals surface area contributed by atoms with Gasteiger partial charge in [0.15, 0.2) is 0 Å². The number of aliphatic carboxylic acids is 1. The van der Waals surface area contributed by atoms with Crippen molar-refractivity contribution in [3.63, 3.8) is 0 Å². The second-order valence-corrected chi connectivity index (χ2v) is 3.26. The SMILES string of the molecule is O=C(O)C1CC1C=C(Cl)C(F)(F)F. The van der Waals surface area contributed by atoms with Gasteiger partial charge in [0.1, 0.15) is 5.03 Å². The van der Waals surface area contributed by atoms with Gasteiger partial charge in [0.2, 0.25) is 0 Å². The largest absolute Gasteiger partial charge is 0.481 e. The monoisotopic (exact) mass is 214 g/mol. The number of carboxylic acid groups (broad SMARTS) is 1. The lowest BCUT2D eigenvalue weighted by molar-refractivity contribution is -0.138. The van der Waals surface area contributed by atoms with Crippen molar-refractivity contribution in [2.45, 2.75) is 12.6 Å². The highest BCUT2D eigenvalue weighted by molar-refractivity contribution is 6.30. The fourth-order valence-electron chi connectivity index (χ4n) is 0.965. The number of alkyl halides is 3. The van der Waals surface area contributed by atoms with Crippen molar-refractivity contribution in [3.05, 3.63) is 11.1 Å². The van der Waals surface area contributed by atoms with Gasteiger partial charge in [-0.3, -0.25) is 4.79 Å². The summed E-state index contributed by atoms with van der Waals surface area (Å²) in [6.45, 7) is 0. The van der Waals surface area contributed by atoms with Gasteiger partial charge in [0.25, 0.3) is 0 Å². The summed E-state index contributed by atoms with van der Waals surface area (Å²) < 4.78 is 35.5. The Labute approximate surface area is 77.0 Å². The molecule has 1 rings (SSSR count). The molecule has 0 aromatic heterocycles. The summed E-state index contributed by atoms with van der Waals surface area (Å²) in [4.78, 5) is 10.2. The number of rotatable bonds is 2. The van der Waals surface area contributed by atoms with Gasteiger partial charge in [-0.15, -0.1) is 0 Å². The van der Waals surface area contributed by atoms with Crippen molar-refractivity contribution in [3.8, 4) is 0 Å². The molecular formula is C7H6ClF3O2. The molecule has 0 radical (unpaired) electrons. The van der Waals surface area contributed by atoms with Crippen molar-refractivity contribution < 1.29 is 23.1 Å². The lowest BCUT2D eigenvalue weighted by Gasteiger charge is -2.02. The molecule has 13 heavy (non-hydrogen) atoms. The van der Waals surface area contributed by atoms with Crippen molar-refractivity contribution in [1.82, 2.24) is 0 Å². The maximum absolute atomic E-state index is 11.8. The Morgan fingerprint density at radius 1 is 1.54 bits per heavy atom. The van der Waals surface area contributed by atoms with Crippen LogP contribution in [0.25, 0.3) is 0 Å². The molecule has 0 amide bonds. The molecule has 74 valence electrons. The van der Waals surface area contributed by atoms with Crippen LogP contribution in [0.15, 0.2) is 11.1 Å². The Kier molecular flexibility index (Phi) is 2.56. The first-order valence-electron chi connectivity index (χ1n) is 3.49. The molecule has 1 saturated carbocycles. The smallest absolute Gasteiger partial charge is 0.426 e. The van der Waals surface area contributed by atoms with E-state index in [0.29, 0.717) is 0 Å². The summed E-state index contributed by atoms with van der Waals surface area (Å²) in [5.74, 6) is -2.34. The van der Waals surface area contributed by atoms with E-state index >= 15 is 0 Å². The molecule has 0 aromatic carbocycles. The fraction of sp³-hybridized carbons (Fsp3) is 0.571. The molecule has 1 aliphatic carbocycles. The number of hydrogen-bond donors (Lipinski definition) is 1. The molecule has 2 unspecified atom stereocenters. The third-order valence-corrected chi connectivity index (χ3v) is 2.13. The van der Waals surface area contributed by atoms with Gasteiger partial charge in [-0.1, -0.05) is 17.7 Å². The lowest BCUT2D eigenvalue weighted by atomic mass is 10.3. The summed E-state index contributed by atoms with van der Waals surface area (Å²) >= 11 is 4.91. The van der Waals surface area contributed by atoms with Crippen molar-refractivity contribution in [1.29, 1.82) is 0 Å². The molecule has 0 aromatic rings. The van der Waals surface area contributed by atoms with Crippen molar-refractivity contribution in [2.24, 2.45) is 11.8 Å². The van der Waals surface area contributed by atoms with E-state index in [9.17, 15) is 18.0 Å².